The van der Waals surface area contributed by atoms with Crippen molar-refractivity contribution in [1.82, 2.24) is 10.2 Å². The summed E-state index contributed by atoms with van der Waals surface area (Å²) in [5.41, 5.74) is 1.69. The van der Waals surface area contributed by atoms with Gasteiger partial charge in [0, 0.05) is 25.8 Å². The molecule has 2 N–H and O–H groups in total. The number of thiophene rings is 1. The van der Waals surface area contributed by atoms with E-state index in [2.05, 4.69) is 31.4 Å². The average molecular weight is 336 g/mol. The Kier molecular flexibility index (Phi) is 3.35. The van der Waals surface area contributed by atoms with Crippen molar-refractivity contribution in [3.05, 3.63) is 45.2 Å². The first-order valence-corrected chi connectivity index (χ1v) is 7.34. The van der Waals surface area contributed by atoms with Crippen molar-refractivity contribution >= 4 is 49.8 Å². The van der Waals surface area contributed by atoms with E-state index in [4.69, 9.17) is 0 Å². The van der Waals surface area contributed by atoms with Crippen LogP contribution in [0, 0.1) is 0 Å². The van der Waals surface area contributed by atoms with Gasteiger partial charge in [-0.3, -0.25) is 9.89 Å². The summed E-state index contributed by atoms with van der Waals surface area (Å²) >= 11 is 4.95. The van der Waals surface area contributed by atoms with E-state index in [1.165, 1.54) is 0 Å². The van der Waals surface area contributed by atoms with Crippen LogP contribution < -0.4 is 5.32 Å². The third kappa shape index (κ3) is 2.85. The molecule has 0 aliphatic rings. The zero-order valence-corrected chi connectivity index (χ0v) is 12.2. The van der Waals surface area contributed by atoms with Crippen molar-refractivity contribution in [3.8, 4) is 0 Å². The van der Waals surface area contributed by atoms with E-state index in [1.807, 2.05) is 29.6 Å². The number of amides is 1. The first kappa shape index (κ1) is 12.4. The second-order valence-electron chi connectivity index (χ2n) is 4.13. The average Bonchev–Trinajstić information content (AvgIpc) is 2.97. The van der Waals surface area contributed by atoms with E-state index < -0.39 is 0 Å². The number of halogens is 1. The largest absolute Gasteiger partial charge is 0.326 e. The Labute approximate surface area is 122 Å². The second kappa shape index (κ2) is 5.14. The Morgan fingerprint density at radius 1 is 1.42 bits per heavy atom. The fourth-order valence-electron chi connectivity index (χ4n) is 1.82. The molecular formula is C13H10BrN3OS. The third-order valence-electron chi connectivity index (χ3n) is 2.68. The highest BCUT2D eigenvalue weighted by Gasteiger charge is 2.07. The molecule has 0 saturated heterocycles. The Bertz CT molecular complexity index is 734. The number of nitrogens with one attached hydrogen (secondary N) is 2. The number of hydrogen-bond donors (Lipinski definition) is 2. The van der Waals surface area contributed by atoms with Crippen LogP contribution in [0.25, 0.3) is 10.9 Å². The standard InChI is InChI=1S/C13H10BrN3OS/c14-9-3-11(19-7-9)5-13(18)16-10-2-1-8-6-15-17-12(8)4-10/h1-4,6-7H,5H2,(H,15,17)(H,16,18). The number of carbonyl (C=O) groups is 1. The molecule has 0 atom stereocenters. The molecule has 0 aliphatic heterocycles. The van der Waals surface area contributed by atoms with Crippen LogP contribution in [-0.2, 0) is 11.2 Å². The minimum Gasteiger partial charge on any atom is -0.326 e. The highest BCUT2D eigenvalue weighted by Crippen LogP contribution is 2.21. The van der Waals surface area contributed by atoms with Crippen LogP contribution in [0.15, 0.2) is 40.3 Å². The van der Waals surface area contributed by atoms with E-state index in [-0.39, 0.29) is 5.91 Å². The molecule has 0 spiro atoms. The van der Waals surface area contributed by atoms with Gasteiger partial charge < -0.3 is 5.32 Å². The van der Waals surface area contributed by atoms with Crippen LogP contribution in [0.3, 0.4) is 0 Å². The van der Waals surface area contributed by atoms with Gasteiger partial charge in [0.25, 0.3) is 0 Å². The second-order valence-corrected chi connectivity index (χ2v) is 6.04. The Morgan fingerprint density at radius 3 is 3.11 bits per heavy atom. The summed E-state index contributed by atoms with van der Waals surface area (Å²) in [5.74, 6) is -0.0202. The summed E-state index contributed by atoms with van der Waals surface area (Å²) in [5, 5.41) is 12.7. The molecule has 0 bridgehead atoms. The van der Waals surface area contributed by atoms with Crippen molar-refractivity contribution in [1.29, 1.82) is 0 Å². The first-order chi connectivity index (χ1) is 9.20. The number of hydrogen-bond acceptors (Lipinski definition) is 3. The maximum atomic E-state index is 11.9. The molecule has 0 unspecified atom stereocenters. The van der Waals surface area contributed by atoms with Gasteiger partial charge in [0.05, 0.1) is 18.1 Å². The SMILES string of the molecule is O=C(Cc1cc(Br)cs1)Nc1ccc2cn[nH]c2c1. The lowest BCUT2D eigenvalue weighted by molar-refractivity contribution is -0.115. The Morgan fingerprint density at radius 2 is 2.32 bits per heavy atom. The molecule has 1 amide bonds. The number of carbonyl (C=O) groups excluding carboxylic acids is 1. The van der Waals surface area contributed by atoms with E-state index in [1.54, 1.807) is 17.5 Å². The topological polar surface area (TPSA) is 57.8 Å². The zero-order valence-electron chi connectivity index (χ0n) is 9.81. The van der Waals surface area contributed by atoms with E-state index in [0.717, 1.165) is 25.9 Å². The van der Waals surface area contributed by atoms with Crippen LogP contribution in [-0.4, -0.2) is 16.1 Å². The van der Waals surface area contributed by atoms with Gasteiger partial charge in [-0.2, -0.15) is 5.10 Å². The third-order valence-corrected chi connectivity index (χ3v) is 4.38. The van der Waals surface area contributed by atoms with Gasteiger partial charge >= 0.3 is 0 Å². The summed E-state index contributed by atoms with van der Waals surface area (Å²) in [4.78, 5) is 13.0. The van der Waals surface area contributed by atoms with E-state index in [0.29, 0.717) is 6.42 Å². The van der Waals surface area contributed by atoms with Crippen LogP contribution in [0.1, 0.15) is 4.88 Å². The molecule has 3 aromatic rings. The van der Waals surface area contributed by atoms with Crippen LogP contribution in [0.5, 0.6) is 0 Å². The van der Waals surface area contributed by atoms with Crippen molar-refractivity contribution < 1.29 is 4.79 Å². The number of H-pyrrole nitrogens is 1. The monoisotopic (exact) mass is 335 g/mol. The van der Waals surface area contributed by atoms with Crippen molar-refractivity contribution in [2.75, 3.05) is 5.32 Å². The van der Waals surface area contributed by atoms with Gasteiger partial charge in [-0.25, -0.2) is 0 Å². The molecule has 2 aromatic heterocycles. The number of rotatable bonds is 3. The summed E-state index contributed by atoms with van der Waals surface area (Å²) in [6.45, 7) is 0. The molecule has 0 radical (unpaired) electrons. The van der Waals surface area contributed by atoms with Gasteiger partial charge in [-0.15, -0.1) is 11.3 Å². The lowest BCUT2D eigenvalue weighted by atomic mass is 10.2. The van der Waals surface area contributed by atoms with Gasteiger partial charge in [0.1, 0.15) is 0 Å². The van der Waals surface area contributed by atoms with Crippen molar-refractivity contribution in [3.63, 3.8) is 0 Å². The van der Waals surface area contributed by atoms with Crippen LogP contribution in [0.2, 0.25) is 0 Å². The molecule has 0 fully saturated rings. The van der Waals surface area contributed by atoms with Crippen LogP contribution in [0.4, 0.5) is 5.69 Å². The smallest absolute Gasteiger partial charge is 0.229 e. The molecule has 6 heteroatoms. The highest BCUT2D eigenvalue weighted by molar-refractivity contribution is 9.10. The summed E-state index contributed by atoms with van der Waals surface area (Å²) in [7, 11) is 0. The van der Waals surface area contributed by atoms with Gasteiger partial charge in [-0.1, -0.05) is 0 Å². The first-order valence-electron chi connectivity index (χ1n) is 5.66. The molecule has 2 heterocycles. The summed E-state index contributed by atoms with van der Waals surface area (Å²) in [6, 6.07) is 7.64. The number of nitrogens with zero attached hydrogens (tertiary/aromatic N) is 1. The predicted molar refractivity (Wildman–Crippen MR) is 80.4 cm³/mol. The molecule has 3 rings (SSSR count). The molecule has 96 valence electrons. The maximum Gasteiger partial charge on any atom is 0.229 e. The number of fused-ring (bicyclic) bond motifs is 1. The Balaban J connectivity index is 1.71. The minimum atomic E-state index is -0.0202. The van der Waals surface area contributed by atoms with Gasteiger partial charge in [0.15, 0.2) is 0 Å². The fraction of sp³-hybridized carbons (Fsp3) is 0.0769. The number of anilines is 1. The molecular weight excluding hydrogens is 326 g/mol. The number of benzene rings is 1. The lowest BCUT2D eigenvalue weighted by Gasteiger charge is -2.04. The van der Waals surface area contributed by atoms with Crippen molar-refractivity contribution in [2.24, 2.45) is 0 Å². The molecule has 4 nitrogen and oxygen atoms in total. The zero-order chi connectivity index (χ0) is 13.2. The quantitative estimate of drug-likeness (QED) is 0.768. The number of aromatic nitrogens is 2. The Hall–Kier alpha value is -1.66. The lowest BCUT2D eigenvalue weighted by Crippen LogP contribution is -2.13. The fourth-order valence-corrected chi connectivity index (χ4v) is 3.27. The minimum absolute atomic E-state index is 0.0202. The van der Waals surface area contributed by atoms with Crippen LogP contribution >= 0.6 is 27.3 Å². The predicted octanol–water partition coefficient (Wildman–Crippen LogP) is 3.57. The van der Waals surface area contributed by atoms with Crippen molar-refractivity contribution in [2.45, 2.75) is 6.42 Å². The molecule has 19 heavy (non-hydrogen) atoms. The number of aromatic amines is 1. The molecule has 1 aromatic carbocycles. The van der Waals surface area contributed by atoms with Gasteiger partial charge in [0.2, 0.25) is 5.91 Å². The normalized spacial score (nSPS) is 10.8. The molecule has 0 aliphatic carbocycles. The summed E-state index contributed by atoms with van der Waals surface area (Å²) in [6.07, 6.45) is 2.14. The highest BCUT2D eigenvalue weighted by atomic mass is 79.9. The van der Waals surface area contributed by atoms with Gasteiger partial charge in [-0.05, 0) is 40.2 Å². The summed E-state index contributed by atoms with van der Waals surface area (Å²) < 4.78 is 1.01. The maximum absolute atomic E-state index is 11.9. The van der Waals surface area contributed by atoms with E-state index in [9.17, 15) is 4.79 Å². The molecule has 0 saturated carbocycles. The van der Waals surface area contributed by atoms with E-state index >= 15 is 0 Å².